The van der Waals surface area contributed by atoms with Gasteiger partial charge in [0.1, 0.15) is 23.9 Å². The highest BCUT2D eigenvalue weighted by Crippen LogP contribution is 2.40. The minimum absolute atomic E-state index is 0. The number of rotatable bonds is 6. The van der Waals surface area contributed by atoms with Gasteiger partial charge in [-0.2, -0.15) is 15.0 Å². The molecule has 12 heteroatoms. The summed E-state index contributed by atoms with van der Waals surface area (Å²) in [5, 5.41) is 14.8. The Bertz CT molecular complexity index is 1640. The molecule has 0 aliphatic carbocycles. The van der Waals surface area contributed by atoms with E-state index in [2.05, 4.69) is 15.1 Å². The Hall–Kier alpha value is -3.41. The lowest BCUT2D eigenvalue weighted by atomic mass is 9.95. The van der Waals surface area contributed by atoms with Crippen LogP contribution in [0.15, 0.2) is 30.3 Å². The maximum Gasteiger partial charge on any atom is 0.320 e. The minimum Gasteiger partial charge on any atom is -0.508 e. The molecule has 0 saturated carbocycles. The van der Waals surface area contributed by atoms with Crippen LogP contribution in [0.2, 0.25) is 0 Å². The Labute approximate surface area is 249 Å². The molecule has 0 amide bonds. The molecule has 6 heterocycles. The largest absolute Gasteiger partial charge is 0.508 e. The Morgan fingerprint density at radius 2 is 1.83 bits per heavy atom. The van der Waals surface area contributed by atoms with Gasteiger partial charge in [-0.05, 0) is 69.1 Å². The van der Waals surface area contributed by atoms with E-state index >= 15 is 0 Å². The molecule has 0 spiro atoms. The first-order valence-electron chi connectivity index (χ1n) is 14.7. The number of aromatic nitrogens is 4. The van der Waals surface area contributed by atoms with Gasteiger partial charge in [-0.25, -0.2) is 4.39 Å². The summed E-state index contributed by atoms with van der Waals surface area (Å²) in [6.45, 7) is 4.49. The van der Waals surface area contributed by atoms with Gasteiger partial charge < -0.3 is 24.8 Å². The first-order valence-corrected chi connectivity index (χ1v) is 14.7. The number of hydrogen-bond acceptors (Lipinski definition) is 9. The number of benzene rings is 2. The van der Waals surface area contributed by atoms with Crippen molar-refractivity contribution < 1.29 is 19.0 Å². The first-order chi connectivity index (χ1) is 20.0. The highest BCUT2D eigenvalue weighted by atomic mass is 35.5. The van der Waals surface area contributed by atoms with Gasteiger partial charge in [-0.15, -0.1) is 12.4 Å². The predicted molar refractivity (Wildman–Crippen MR) is 160 cm³/mol. The van der Waals surface area contributed by atoms with E-state index in [1.54, 1.807) is 16.7 Å². The topological polar surface area (TPSA) is 101 Å². The Kier molecular flexibility index (Phi) is 6.79. The van der Waals surface area contributed by atoms with Gasteiger partial charge in [0.2, 0.25) is 0 Å². The normalized spacial score (nSPS) is 23.0. The lowest BCUT2D eigenvalue weighted by Crippen LogP contribution is -2.51. The van der Waals surface area contributed by atoms with Crippen molar-refractivity contribution in [3.8, 4) is 23.5 Å². The molecule has 4 aliphatic heterocycles. The molecule has 8 rings (SSSR count). The summed E-state index contributed by atoms with van der Waals surface area (Å²) >= 11 is 0. The fourth-order valence-electron chi connectivity index (χ4n) is 7.52. The lowest BCUT2D eigenvalue weighted by Gasteiger charge is -2.34. The maximum absolute atomic E-state index is 14.9. The van der Waals surface area contributed by atoms with Crippen LogP contribution in [-0.4, -0.2) is 79.9 Å². The second-order valence-corrected chi connectivity index (χ2v) is 12.1. The van der Waals surface area contributed by atoms with Crippen LogP contribution in [0.5, 0.6) is 23.5 Å². The van der Waals surface area contributed by atoms with Crippen molar-refractivity contribution in [2.75, 3.05) is 37.7 Å². The van der Waals surface area contributed by atoms with Crippen LogP contribution in [0.3, 0.4) is 0 Å². The summed E-state index contributed by atoms with van der Waals surface area (Å²) in [6.07, 6.45) is 6.96. The zero-order valence-electron chi connectivity index (χ0n) is 23.6. The molecule has 2 unspecified atom stereocenters. The number of anilines is 1. The second kappa shape index (κ2) is 10.4. The number of aryl methyl sites for hydroxylation is 1. The standard InChI is InChI=1S/C30H34FN7O3.ClH/c1-36-26-25(33-29(36)41-23-14-21(39)13-18-5-2-6-22(31)24(18)23)27(37-15-19-7-8-20(16-37)32-19)35-28(34-26)40-17-30-9-3-11-38(30)12-4-10-30;/h2,5-6,13-14,19-20,32,39H,3-4,7-12,15-17H2,1H3;1H. The average molecular weight is 596 g/mol. The highest BCUT2D eigenvalue weighted by molar-refractivity contribution is 5.91. The van der Waals surface area contributed by atoms with E-state index in [1.807, 2.05) is 7.05 Å². The summed E-state index contributed by atoms with van der Waals surface area (Å²) in [5.74, 6) is 0.463. The van der Waals surface area contributed by atoms with Gasteiger partial charge in [0, 0.05) is 38.3 Å². The van der Waals surface area contributed by atoms with E-state index in [-0.39, 0.29) is 40.8 Å². The van der Waals surface area contributed by atoms with Gasteiger partial charge in [0.15, 0.2) is 17.0 Å². The zero-order chi connectivity index (χ0) is 27.7. The molecular formula is C30H35ClFN7O3. The molecule has 10 nitrogen and oxygen atoms in total. The Balaban J connectivity index is 0.00000288. The molecule has 2 aromatic heterocycles. The minimum atomic E-state index is -0.434. The summed E-state index contributed by atoms with van der Waals surface area (Å²) in [7, 11) is 1.82. The molecule has 4 aromatic rings. The van der Waals surface area contributed by atoms with E-state index in [0.29, 0.717) is 41.3 Å². The molecule has 42 heavy (non-hydrogen) atoms. The number of phenols is 1. The Morgan fingerprint density at radius 1 is 1.07 bits per heavy atom. The number of piperazine rings is 1. The van der Waals surface area contributed by atoms with Crippen LogP contribution in [0.4, 0.5) is 10.2 Å². The van der Waals surface area contributed by atoms with Gasteiger partial charge in [0.25, 0.3) is 0 Å². The van der Waals surface area contributed by atoms with Crippen LogP contribution >= 0.6 is 12.4 Å². The summed E-state index contributed by atoms with van der Waals surface area (Å²) in [4.78, 5) is 19.4. The molecule has 2 aromatic carbocycles. The predicted octanol–water partition coefficient (Wildman–Crippen LogP) is 4.52. The van der Waals surface area contributed by atoms with E-state index in [4.69, 9.17) is 24.4 Å². The number of phenolic OH excluding ortho intramolecular Hbond substituents is 1. The first kappa shape index (κ1) is 27.4. The number of nitrogens with one attached hydrogen (secondary N) is 1. The van der Waals surface area contributed by atoms with Gasteiger partial charge in [-0.1, -0.05) is 12.1 Å². The van der Waals surface area contributed by atoms with Gasteiger partial charge >= 0.3 is 12.0 Å². The number of aromatic hydroxyl groups is 1. The van der Waals surface area contributed by atoms with Crippen LogP contribution in [-0.2, 0) is 7.05 Å². The smallest absolute Gasteiger partial charge is 0.320 e. The fourth-order valence-corrected chi connectivity index (χ4v) is 7.52. The van der Waals surface area contributed by atoms with Crippen LogP contribution < -0.4 is 19.7 Å². The van der Waals surface area contributed by atoms with E-state index in [9.17, 15) is 9.50 Å². The molecule has 2 bridgehead atoms. The van der Waals surface area contributed by atoms with Crippen molar-refractivity contribution in [3.05, 3.63) is 36.1 Å². The third-order valence-corrected chi connectivity index (χ3v) is 9.51. The molecule has 0 radical (unpaired) electrons. The van der Waals surface area contributed by atoms with Gasteiger partial charge in [0.05, 0.1) is 10.9 Å². The number of hydrogen-bond donors (Lipinski definition) is 2. The van der Waals surface area contributed by atoms with Gasteiger partial charge in [-0.3, -0.25) is 9.47 Å². The number of nitrogens with zero attached hydrogens (tertiary/aromatic N) is 6. The van der Waals surface area contributed by atoms with Crippen LogP contribution in [0, 0.1) is 5.82 Å². The fraction of sp³-hybridized carbons (Fsp3) is 0.500. The van der Waals surface area contributed by atoms with Crippen molar-refractivity contribution in [2.24, 2.45) is 7.05 Å². The van der Waals surface area contributed by atoms with Crippen LogP contribution in [0.1, 0.15) is 38.5 Å². The lowest BCUT2D eigenvalue weighted by molar-refractivity contribution is 0.108. The maximum atomic E-state index is 14.9. The quantitative estimate of drug-likeness (QED) is 0.333. The summed E-state index contributed by atoms with van der Waals surface area (Å²) in [6, 6.07) is 9.05. The Morgan fingerprint density at radius 3 is 2.60 bits per heavy atom. The number of halogens is 2. The third kappa shape index (κ3) is 4.49. The summed E-state index contributed by atoms with van der Waals surface area (Å²) in [5.41, 5.74) is 1.28. The SMILES string of the molecule is Cl.Cn1c(Oc2cc(O)cc3cccc(F)c23)nc2c(N3CC4CCC(C3)N4)nc(OCC34CCCN3CCC4)nc21. The molecule has 222 valence electrons. The van der Waals surface area contributed by atoms with E-state index in [0.717, 1.165) is 57.7 Å². The van der Waals surface area contributed by atoms with Crippen molar-refractivity contribution in [2.45, 2.75) is 56.1 Å². The molecule has 2 N–H and O–H groups in total. The third-order valence-electron chi connectivity index (χ3n) is 9.51. The number of fused-ring (bicyclic) bond motifs is 5. The number of imidazole rings is 1. The van der Waals surface area contributed by atoms with Crippen LogP contribution in [0.25, 0.3) is 21.9 Å². The molecule has 4 fully saturated rings. The van der Waals surface area contributed by atoms with Crippen molar-refractivity contribution in [3.63, 3.8) is 0 Å². The monoisotopic (exact) mass is 595 g/mol. The van der Waals surface area contributed by atoms with E-state index in [1.165, 1.54) is 31.0 Å². The van der Waals surface area contributed by atoms with Crippen molar-refractivity contribution >= 4 is 40.2 Å². The molecule has 4 aliphatic rings. The molecule has 2 atom stereocenters. The summed E-state index contributed by atoms with van der Waals surface area (Å²) < 4.78 is 29.2. The average Bonchev–Trinajstić information content (AvgIpc) is 3.70. The highest BCUT2D eigenvalue weighted by Gasteiger charge is 2.45. The molecule has 4 saturated heterocycles. The zero-order valence-corrected chi connectivity index (χ0v) is 24.4. The number of ether oxygens (including phenoxy) is 2. The second-order valence-electron chi connectivity index (χ2n) is 12.1. The van der Waals surface area contributed by atoms with E-state index < -0.39 is 5.82 Å². The van der Waals surface area contributed by atoms with Crippen molar-refractivity contribution in [1.82, 2.24) is 29.7 Å². The van der Waals surface area contributed by atoms with Crippen molar-refractivity contribution in [1.29, 1.82) is 0 Å². The molecular weight excluding hydrogens is 561 g/mol.